The van der Waals surface area contributed by atoms with Crippen molar-refractivity contribution in [1.29, 1.82) is 0 Å². The van der Waals surface area contributed by atoms with E-state index in [9.17, 15) is 8.42 Å². The van der Waals surface area contributed by atoms with Crippen molar-refractivity contribution in [2.75, 3.05) is 19.6 Å². The summed E-state index contributed by atoms with van der Waals surface area (Å²) in [5.41, 5.74) is 5.90. The predicted octanol–water partition coefficient (Wildman–Crippen LogP) is 0.529. The molecule has 2 atom stereocenters. The van der Waals surface area contributed by atoms with Crippen LogP contribution in [0.15, 0.2) is 0 Å². The highest BCUT2D eigenvalue weighted by atomic mass is 32.2. The summed E-state index contributed by atoms with van der Waals surface area (Å²) in [6.07, 6.45) is 5.01. The Kier molecular flexibility index (Phi) is 4.07. The zero-order chi connectivity index (χ0) is 12.5. The van der Waals surface area contributed by atoms with Crippen molar-refractivity contribution in [3.8, 4) is 0 Å². The lowest BCUT2D eigenvalue weighted by Gasteiger charge is -2.29. The standard InChI is InChI=1S/C11H23N3O2S/c1-10-11(12)6-9-14(10)17(15,16)13-7-4-2-3-5-8-13/h10-11H,2-9,12H2,1H3. The van der Waals surface area contributed by atoms with Crippen molar-refractivity contribution < 1.29 is 8.42 Å². The van der Waals surface area contributed by atoms with Crippen LogP contribution in [-0.4, -0.2) is 48.7 Å². The lowest BCUT2D eigenvalue weighted by molar-refractivity contribution is 0.331. The maximum atomic E-state index is 12.5. The Labute approximate surface area is 104 Å². The van der Waals surface area contributed by atoms with E-state index in [1.54, 1.807) is 8.61 Å². The molecule has 0 aromatic heterocycles. The van der Waals surface area contributed by atoms with Crippen molar-refractivity contribution in [1.82, 2.24) is 8.61 Å². The highest BCUT2D eigenvalue weighted by Crippen LogP contribution is 2.24. The molecule has 0 amide bonds. The molecular weight excluding hydrogens is 238 g/mol. The minimum atomic E-state index is -3.28. The lowest BCUT2D eigenvalue weighted by Crippen LogP contribution is -2.48. The van der Waals surface area contributed by atoms with Crippen LogP contribution in [-0.2, 0) is 10.2 Å². The van der Waals surface area contributed by atoms with E-state index < -0.39 is 10.2 Å². The molecule has 2 saturated heterocycles. The average molecular weight is 261 g/mol. The van der Waals surface area contributed by atoms with Gasteiger partial charge in [0.2, 0.25) is 0 Å². The van der Waals surface area contributed by atoms with Gasteiger partial charge in [-0.15, -0.1) is 0 Å². The molecule has 0 bridgehead atoms. The fraction of sp³-hybridized carbons (Fsp3) is 1.00. The molecular formula is C11H23N3O2S. The van der Waals surface area contributed by atoms with E-state index in [-0.39, 0.29) is 12.1 Å². The van der Waals surface area contributed by atoms with E-state index in [0.717, 1.165) is 32.1 Å². The van der Waals surface area contributed by atoms with Crippen LogP contribution in [0.5, 0.6) is 0 Å². The molecule has 2 heterocycles. The average Bonchev–Trinajstić information content (AvgIpc) is 2.55. The van der Waals surface area contributed by atoms with Gasteiger partial charge >= 0.3 is 0 Å². The first-order valence-electron chi connectivity index (χ1n) is 6.56. The van der Waals surface area contributed by atoms with Crippen LogP contribution in [0.4, 0.5) is 0 Å². The van der Waals surface area contributed by atoms with Gasteiger partial charge in [0.05, 0.1) is 0 Å². The summed E-state index contributed by atoms with van der Waals surface area (Å²) in [4.78, 5) is 0. The summed E-state index contributed by atoms with van der Waals surface area (Å²) in [7, 11) is -3.28. The van der Waals surface area contributed by atoms with Crippen molar-refractivity contribution in [2.45, 2.75) is 51.1 Å². The number of hydrogen-bond donors (Lipinski definition) is 1. The first kappa shape index (κ1) is 13.3. The van der Waals surface area contributed by atoms with Gasteiger partial charge in [0.1, 0.15) is 0 Å². The van der Waals surface area contributed by atoms with Crippen LogP contribution in [0.3, 0.4) is 0 Å². The van der Waals surface area contributed by atoms with Gasteiger partial charge in [-0.05, 0) is 26.2 Å². The molecule has 5 nitrogen and oxygen atoms in total. The van der Waals surface area contributed by atoms with Gasteiger partial charge in [-0.3, -0.25) is 0 Å². The Hall–Kier alpha value is -0.170. The van der Waals surface area contributed by atoms with Crippen LogP contribution >= 0.6 is 0 Å². The summed E-state index contributed by atoms with van der Waals surface area (Å²) in [5.74, 6) is 0. The van der Waals surface area contributed by atoms with Gasteiger partial charge in [-0.2, -0.15) is 17.0 Å². The predicted molar refractivity (Wildman–Crippen MR) is 67.7 cm³/mol. The molecule has 100 valence electrons. The van der Waals surface area contributed by atoms with Gasteiger partial charge in [0.15, 0.2) is 0 Å². The maximum absolute atomic E-state index is 12.5. The highest BCUT2D eigenvalue weighted by molar-refractivity contribution is 7.86. The van der Waals surface area contributed by atoms with Gasteiger partial charge in [0, 0.05) is 31.7 Å². The normalized spacial score (nSPS) is 33.8. The first-order chi connectivity index (χ1) is 8.03. The third-order valence-corrected chi connectivity index (χ3v) is 6.07. The molecule has 0 radical (unpaired) electrons. The van der Waals surface area contributed by atoms with Crippen LogP contribution in [0.25, 0.3) is 0 Å². The molecule has 0 spiro atoms. The molecule has 2 fully saturated rings. The summed E-state index contributed by atoms with van der Waals surface area (Å²) in [5, 5.41) is 0. The minimum absolute atomic E-state index is 0.0169. The van der Waals surface area contributed by atoms with E-state index in [1.807, 2.05) is 6.92 Å². The van der Waals surface area contributed by atoms with Crippen LogP contribution in [0.1, 0.15) is 39.0 Å². The van der Waals surface area contributed by atoms with Crippen molar-refractivity contribution in [3.63, 3.8) is 0 Å². The third-order valence-electron chi connectivity index (χ3n) is 3.94. The summed E-state index contributed by atoms with van der Waals surface area (Å²) in [6, 6.07) is -0.0833. The minimum Gasteiger partial charge on any atom is -0.326 e. The summed E-state index contributed by atoms with van der Waals surface area (Å²) < 4.78 is 28.2. The molecule has 0 aromatic carbocycles. The van der Waals surface area contributed by atoms with Gasteiger partial charge in [-0.1, -0.05) is 12.8 Å². The second kappa shape index (κ2) is 5.22. The van der Waals surface area contributed by atoms with Crippen molar-refractivity contribution >= 4 is 10.2 Å². The van der Waals surface area contributed by atoms with Crippen LogP contribution in [0, 0.1) is 0 Å². The van der Waals surface area contributed by atoms with Gasteiger partial charge in [-0.25, -0.2) is 0 Å². The largest absolute Gasteiger partial charge is 0.326 e. The van der Waals surface area contributed by atoms with Gasteiger partial charge < -0.3 is 5.73 Å². The number of hydrogen-bond acceptors (Lipinski definition) is 3. The van der Waals surface area contributed by atoms with Crippen molar-refractivity contribution in [3.05, 3.63) is 0 Å². The molecule has 0 aromatic rings. The molecule has 17 heavy (non-hydrogen) atoms. The van der Waals surface area contributed by atoms with Crippen LogP contribution in [0.2, 0.25) is 0 Å². The van der Waals surface area contributed by atoms with Crippen molar-refractivity contribution in [2.24, 2.45) is 5.73 Å². The van der Waals surface area contributed by atoms with E-state index in [1.165, 1.54) is 0 Å². The Balaban J connectivity index is 2.12. The monoisotopic (exact) mass is 261 g/mol. The van der Waals surface area contributed by atoms with E-state index in [0.29, 0.717) is 19.6 Å². The Morgan fingerprint density at radius 3 is 2.12 bits per heavy atom. The highest BCUT2D eigenvalue weighted by Gasteiger charge is 2.39. The number of nitrogens with two attached hydrogens (primary N) is 1. The zero-order valence-corrected chi connectivity index (χ0v) is 11.3. The quantitative estimate of drug-likeness (QED) is 0.788. The second-order valence-corrected chi connectivity index (χ2v) is 7.01. The molecule has 2 aliphatic rings. The topological polar surface area (TPSA) is 66.6 Å². The number of rotatable bonds is 2. The summed E-state index contributed by atoms with van der Waals surface area (Å²) in [6.45, 7) is 3.82. The summed E-state index contributed by atoms with van der Waals surface area (Å²) >= 11 is 0. The second-order valence-electron chi connectivity index (χ2n) is 5.12. The Morgan fingerprint density at radius 1 is 1.06 bits per heavy atom. The molecule has 0 saturated carbocycles. The SMILES string of the molecule is CC1C(N)CCN1S(=O)(=O)N1CCCCCC1. The molecule has 6 heteroatoms. The maximum Gasteiger partial charge on any atom is 0.282 e. The molecule has 2 aliphatic heterocycles. The fourth-order valence-electron chi connectivity index (χ4n) is 2.68. The zero-order valence-electron chi connectivity index (χ0n) is 10.5. The van der Waals surface area contributed by atoms with E-state index in [4.69, 9.17) is 5.73 Å². The Morgan fingerprint density at radius 2 is 1.65 bits per heavy atom. The van der Waals surface area contributed by atoms with Crippen LogP contribution < -0.4 is 5.73 Å². The molecule has 0 aliphatic carbocycles. The lowest BCUT2D eigenvalue weighted by atomic mass is 10.2. The first-order valence-corrected chi connectivity index (χ1v) is 7.95. The molecule has 2 unspecified atom stereocenters. The van der Waals surface area contributed by atoms with E-state index in [2.05, 4.69) is 0 Å². The Bertz CT molecular complexity index is 350. The molecule has 2 rings (SSSR count). The smallest absolute Gasteiger partial charge is 0.282 e. The van der Waals surface area contributed by atoms with Gasteiger partial charge in [0.25, 0.3) is 10.2 Å². The molecule has 2 N–H and O–H groups in total. The fourth-order valence-corrected chi connectivity index (χ4v) is 4.61. The van der Waals surface area contributed by atoms with E-state index >= 15 is 0 Å². The number of nitrogens with zero attached hydrogens (tertiary/aromatic N) is 2. The third kappa shape index (κ3) is 2.65.